The first kappa shape index (κ1) is 59.2. The maximum Gasteiger partial charge on any atom is 0.303 e. The van der Waals surface area contributed by atoms with Gasteiger partial charge in [-0.2, -0.15) is 15.0 Å². The Morgan fingerprint density at radius 3 is 1.91 bits per heavy atom. The van der Waals surface area contributed by atoms with Crippen LogP contribution in [0.15, 0.2) is 67.0 Å². The Hall–Kier alpha value is -7.47. The van der Waals surface area contributed by atoms with E-state index in [1.807, 2.05) is 57.2 Å². The predicted octanol–water partition coefficient (Wildman–Crippen LogP) is 2.93. The van der Waals surface area contributed by atoms with E-state index in [4.69, 9.17) is 47.1 Å². The number of ether oxygens (including phenoxy) is 3. The number of phenolic OH excluding ortho intramolecular Hbond substituents is 1. The Labute approximate surface area is 464 Å². The lowest BCUT2D eigenvalue weighted by molar-refractivity contribution is -0.139. The molecule has 4 atom stereocenters. The molecule has 4 unspecified atom stereocenters. The topological polar surface area (TPSA) is 312 Å². The molecule has 8 rings (SSSR count). The fraction of sp³-hybridized carbons (Fsp3) is 0.509. The number of phenols is 1. The summed E-state index contributed by atoms with van der Waals surface area (Å²) in [6.45, 7) is 9.55. The Morgan fingerprint density at radius 1 is 0.747 bits per heavy atom. The number of aromatic amines is 1. The zero-order valence-electron chi connectivity index (χ0n) is 44.7. The molecule has 2 fully saturated rings. The SMILES string of the molecule is C#CCOCCOCCOCCNc1nc(N2CCN(C(=O)C(CCC(=O)O)n3cc(C(N)CC(C)C)nn3)CC2)nc(N2CCN(C(=O)C(Cc3cc4ccccc4[nH]3)n3cc(C(N)Cc4ccc(O)cc4)nn3)CC2)n1.Cl. The highest BCUT2D eigenvalue weighted by molar-refractivity contribution is 5.85. The van der Waals surface area contributed by atoms with Crippen LogP contribution >= 0.6 is 12.4 Å². The number of nitrogens with one attached hydrogen (secondary N) is 2. The van der Waals surface area contributed by atoms with Crippen molar-refractivity contribution in [3.63, 3.8) is 0 Å². The standard InChI is InChI=1S/C53H71N17O8.ClH/c1-4-24-76-26-28-78-29-27-77-25-15-56-51-58-52(67-20-16-65(17-21-67)49(74)46(13-14-48(72)73)69-34-44(61-63-69)41(54)30-36(2)3)60-53(59-51)68-22-18-66(19-23-68)50(75)47(33-39-32-38-7-5-6-8-43(38)57-39)70-35-45(62-64-70)42(55)31-37-9-11-40(71)12-10-37;/h1,5-12,32,34-36,41-42,46-47,57,71H,13-31,33,54-55H2,2-3H3,(H,72,73)(H,56,58,59,60);1H. The molecule has 26 heteroatoms. The summed E-state index contributed by atoms with van der Waals surface area (Å²) in [5.74, 6) is 2.64. The maximum absolute atomic E-state index is 14.8. The van der Waals surface area contributed by atoms with E-state index in [0.717, 1.165) is 22.2 Å². The molecular weight excluding hydrogens is 1040 g/mol. The number of carbonyl (C=O) groups excluding carboxylic acids is 2. The number of carbonyl (C=O) groups is 3. The first-order valence-electron chi connectivity index (χ1n) is 26.5. The zero-order chi connectivity index (χ0) is 55.0. The predicted molar refractivity (Wildman–Crippen MR) is 297 cm³/mol. The summed E-state index contributed by atoms with van der Waals surface area (Å²) in [6, 6.07) is 14.3. The normalized spacial score (nSPS) is 15.4. The molecule has 0 bridgehead atoms. The molecule has 6 heterocycles. The number of halogens is 1. The number of carboxylic acid groups (broad SMARTS) is 1. The summed E-state index contributed by atoms with van der Waals surface area (Å²) in [6.07, 6.45) is 9.88. The van der Waals surface area contributed by atoms with Gasteiger partial charge < -0.3 is 65.8 Å². The monoisotopic (exact) mass is 1110 g/mol. The number of benzene rings is 2. The quantitative estimate of drug-likeness (QED) is 0.0304. The van der Waals surface area contributed by atoms with E-state index in [-0.39, 0.29) is 55.5 Å². The van der Waals surface area contributed by atoms with Crippen molar-refractivity contribution < 1.29 is 38.8 Å². The zero-order valence-corrected chi connectivity index (χ0v) is 45.5. The number of piperazine rings is 2. The van der Waals surface area contributed by atoms with E-state index >= 15 is 0 Å². The Morgan fingerprint density at radius 2 is 1.32 bits per heavy atom. The highest BCUT2D eigenvalue weighted by Crippen LogP contribution is 2.27. The van der Waals surface area contributed by atoms with Crippen LogP contribution in [-0.2, 0) is 41.4 Å². The van der Waals surface area contributed by atoms with Gasteiger partial charge in [0.15, 0.2) is 0 Å². The molecule has 424 valence electrons. The minimum Gasteiger partial charge on any atom is -0.508 e. The number of hydrogen-bond acceptors (Lipinski definition) is 19. The number of para-hydroxylation sites is 1. The number of aromatic hydroxyl groups is 1. The van der Waals surface area contributed by atoms with Gasteiger partial charge in [-0.1, -0.05) is 60.5 Å². The minimum atomic E-state index is -1.02. The third-order valence-electron chi connectivity index (χ3n) is 13.6. The van der Waals surface area contributed by atoms with Crippen molar-refractivity contribution in [2.24, 2.45) is 17.4 Å². The molecular formula is C53H72ClN17O8. The van der Waals surface area contributed by atoms with Crippen molar-refractivity contribution in [3.8, 4) is 18.1 Å². The molecule has 4 aromatic heterocycles. The smallest absolute Gasteiger partial charge is 0.303 e. The number of aromatic nitrogens is 10. The van der Waals surface area contributed by atoms with Crippen molar-refractivity contribution in [3.05, 3.63) is 89.6 Å². The number of hydrogen-bond donors (Lipinski definition) is 6. The third-order valence-corrected chi connectivity index (χ3v) is 13.6. The number of rotatable bonds is 28. The van der Waals surface area contributed by atoms with Gasteiger partial charge in [-0.05, 0) is 60.4 Å². The summed E-state index contributed by atoms with van der Waals surface area (Å²) in [7, 11) is 0. The number of aliphatic carboxylic acids is 1. The maximum atomic E-state index is 14.8. The summed E-state index contributed by atoms with van der Waals surface area (Å²) < 4.78 is 19.6. The van der Waals surface area contributed by atoms with Crippen molar-refractivity contribution in [2.75, 3.05) is 114 Å². The molecule has 0 aliphatic carbocycles. The molecule has 2 aromatic carbocycles. The lowest BCUT2D eigenvalue weighted by Crippen LogP contribution is -2.52. The molecule has 0 spiro atoms. The Kier molecular flexibility index (Phi) is 21.7. The average Bonchev–Trinajstić information content (AvgIpc) is 4.30. The average molecular weight is 1110 g/mol. The van der Waals surface area contributed by atoms with Crippen LogP contribution in [0, 0.1) is 18.3 Å². The van der Waals surface area contributed by atoms with Crippen LogP contribution in [-0.4, -0.2) is 186 Å². The molecule has 8 N–H and O–H groups in total. The van der Waals surface area contributed by atoms with Crippen LogP contribution in [0.2, 0.25) is 0 Å². The van der Waals surface area contributed by atoms with E-state index in [1.165, 1.54) is 4.68 Å². The molecule has 2 saturated heterocycles. The number of nitrogens with zero attached hydrogens (tertiary/aromatic N) is 13. The van der Waals surface area contributed by atoms with Gasteiger partial charge in [0.25, 0.3) is 0 Å². The van der Waals surface area contributed by atoms with Gasteiger partial charge in [0.2, 0.25) is 29.7 Å². The fourth-order valence-corrected chi connectivity index (χ4v) is 9.42. The van der Waals surface area contributed by atoms with Gasteiger partial charge in [-0.15, -0.1) is 29.0 Å². The van der Waals surface area contributed by atoms with E-state index in [9.17, 15) is 24.6 Å². The molecule has 0 saturated carbocycles. The number of H-pyrrole nitrogens is 1. The molecule has 79 heavy (non-hydrogen) atoms. The molecule has 0 radical (unpaired) electrons. The highest BCUT2D eigenvalue weighted by atomic mass is 35.5. The van der Waals surface area contributed by atoms with Crippen molar-refractivity contribution in [1.82, 2.24) is 59.7 Å². The summed E-state index contributed by atoms with van der Waals surface area (Å²) >= 11 is 0. The van der Waals surface area contributed by atoms with Gasteiger partial charge in [0, 0.05) is 83.0 Å². The second-order valence-electron chi connectivity index (χ2n) is 19.8. The van der Waals surface area contributed by atoms with E-state index in [2.05, 4.69) is 50.7 Å². The molecule has 25 nitrogen and oxygen atoms in total. The Bertz CT molecular complexity index is 2900. The summed E-state index contributed by atoms with van der Waals surface area (Å²) in [5.41, 5.74) is 16.8. The number of nitrogens with two attached hydrogens (primary N) is 2. The van der Waals surface area contributed by atoms with Crippen molar-refractivity contribution in [2.45, 2.75) is 70.1 Å². The molecule has 6 aromatic rings. The lowest BCUT2D eigenvalue weighted by atomic mass is 10.0. The number of amides is 2. The number of fused-ring (bicyclic) bond motifs is 1. The van der Waals surface area contributed by atoms with E-state index in [1.54, 1.807) is 34.1 Å². The molecule has 2 aliphatic rings. The van der Waals surface area contributed by atoms with Crippen LogP contribution in [0.5, 0.6) is 5.75 Å². The lowest BCUT2D eigenvalue weighted by Gasteiger charge is -2.38. The van der Waals surface area contributed by atoms with Gasteiger partial charge in [0.1, 0.15) is 24.4 Å². The van der Waals surface area contributed by atoms with E-state index < -0.39 is 24.1 Å². The first-order chi connectivity index (χ1) is 37.8. The summed E-state index contributed by atoms with van der Waals surface area (Å²) in [5, 5.41) is 41.1. The summed E-state index contributed by atoms with van der Waals surface area (Å²) in [4.78, 5) is 66.4. The number of anilines is 3. The fourth-order valence-electron chi connectivity index (χ4n) is 9.42. The first-order valence-corrected chi connectivity index (χ1v) is 26.5. The largest absolute Gasteiger partial charge is 0.508 e. The van der Waals surface area contributed by atoms with Gasteiger partial charge in [-0.25, -0.2) is 9.36 Å². The third kappa shape index (κ3) is 16.5. The second kappa shape index (κ2) is 28.9. The number of carboxylic acids is 1. The van der Waals surface area contributed by atoms with Crippen LogP contribution < -0.4 is 26.6 Å². The number of terminal acetylenes is 1. The van der Waals surface area contributed by atoms with Crippen LogP contribution in [0.3, 0.4) is 0 Å². The molecule has 2 aliphatic heterocycles. The van der Waals surface area contributed by atoms with Crippen molar-refractivity contribution in [1.29, 1.82) is 0 Å². The Balaban J connectivity index is 0.00000903. The van der Waals surface area contributed by atoms with Crippen molar-refractivity contribution >= 4 is 58.9 Å². The van der Waals surface area contributed by atoms with Crippen LogP contribution in [0.4, 0.5) is 17.8 Å². The van der Waals surface area contributed by atoms with Crippen LogP contribution in [0.1, 0.15) is 79.9 Å². The van der Waals surface area contributed by atoms with Gasteiger partial charge in [0.05, 0.1) is 68.9 Å². The highest BCUT2D eigenvalue weighted by Gasteiger charge is 2.34. The van der Waals surface area contributed by atoms with Gasteiger partial charge >= 0.3 is 5.97 Å². The van der Waals surface area contributed by atoms with Gasteiger partial charge in [-0.3, -0.25) is 14.4 Å². The van der Waals surface area contributed by atoms with E-state index in [0.29, 0.717) is 146 Å². The molecule has 2 amide bonds. The second-order valence-corrected chi connectivity index (χ2v) is 19.8. The van der Waals surface area contributed by atoms with Crippen LogP contribution in [0.25, 0.3) is 10.9 Å². The minimum absolute atomic E-state index is 0.